The van der Waals surface area contributed by atoms with Gasteiger partial charge in [-0.1, -0.05) is 19.1 Å². The van der Waals surface area contributed by atoms with Gasteiger partial charge in [-0.25, -0.2) is 4.68 Å². The van der Waals surface area contributed by atoms with E-state index in [1.165, 1.54) is 0 Å². The Morgan fingerprint density at radius 1 is 1.37 bits per heavy atom. The van der Waals surface area contributed by atoms with Gasteiger partial charge in [0.2, 0.25) is 0 Å². The maximum Gasteiger partial charge on any atom is 0.0757 e. The fourth-order valence-electron chi connectivity index (χ4n) is 2.10. The standard InChI is InChI=1S/C14H28N4O/c1-6-8-15-12(10-14(3,4)19-5)13-11-16-17-18(13)9-7-2/h11-12,15H,6-10H2,1-5H3. The van der Waals surface area contributed by atoms with E-state index in [0.717, 1.165) is 38.0 Å². The molecule has 5 nitrogen and oxygen atoms in total. The van der Waals surface area contributed by atoms with Gasteiger partial charge in [-0.2, -0.15) is 0 Å². The summed E-state index contributed by atoms with van der Waals surface area (Å²) in [6, 6.07) is 0.233. The molecule has 1 aromatic heterocycles. The van der Waals surface area contributed by atoms with Gasteiger partial charge in [-0.3, -0.25) is 0 Å². The molecule has 1 unspecified atom stereocenters. The predicted molar refractivity (Wildman–Crippen MR) is 77.1 cm³/mol. The molecule has 0 radical (unpaired) electrons. The first-order valence-electron chi connectivity index (χ1n) is 7.21. The highest BCUT2D eigenvalue weighted by atomic mass is 16.5. The lowest BCUT2D eigenvalue weighted by Gasteiger charge is -2.29. The van der Waals surface area contributed by atoms with Crippen LogP contribution in [-0.4, -0.2) is 34.2 Å². The van der Waals surface area contributed by atoms with Crippen LogP contribution in [0, 0.1) is 0 Å². The topological polar surface area (TPSA) is 52.0 Å². The van der Waals surface area contributed by atoms with Crippen LogP contribution in [-0.2, 0) is 11.3 Å². The maximum atomic E-state index is 5.56. The molecule has 0 aliphatic rings. The minimum Gasteiger partial charge on any atom is -0.379 e. The van der Waals surface area contributed by atoms with Crippen molar-refractivity contribution in [2.24, 2.45) is 0 Å². The molecule has 110 valence electrons. The van der Waals surface area contributed by atoms with E-state index in [-0.39, 0.29) is 11.6 Å². The van der Waals surface area contributed by atoms with E-state index < -0.39 is 0 Å². The van der Waals surface area contributed by atoms with Crippen molar-refractivity contribution in [3.63, 3.8) is 0 Å². The first-order valence-corrected chi connectivity index (χ1v) is 7.21. The predicted octanol–water partition coefficient (Wildman–Crippen LogP) is 2.54. The maximum absolute atomic E-state index is 5.56. The molecule has 1 rings (SSSR count). The van der Waals surface area contributed by atoms with E-state index in [9.17, 15) is 0 Å². The second kappa shape index (κ2) is 7.60. The molecule has 1 atom stereocenters. The Kier molecular flexibility index (Phi) is 6.45. The summed E-state index contributed by atoms with van der Waals surface area (Å²) >= 11 is 0. The molecular weight excluding hydrogens is 240 g/mol. The number of rotatable bonds is 9. The largest absolute Gasteiger partial charge is 0.379 e. The molecule has 1 heterocycles. The van der Waals surface area contributed by atoms with Crippen LogP contribution in [0.2, 0.25) is 0 Å². The van der Waals surface area contributed by atoms with Crippen LogP contribution in [0.1, 0.15) is 58.7 Å². The van der Waals surface area contributed by atoms with E-state index >= 15 is 0 Å². The Balaban J connectivity index is 2.85. The Morgan fingerprint density at radius 2 is 2.11 bits per heavy atom. The van der Waals surface area contributed by atoms with Crippen molar-refractivity contribution < 1.29 is 4.74 Å². The lowest BCUT2D eigenvalue weighted by molar-refractivity contribution is 0.00612. The average molecular weight is 268 g/mol. The van der Waals surface area contributed by atoms with E-state index in [0.29, 0.717) is 0 Å². The van der Waals surface area contributed by atoms with Gasteiger partial charge in [-0.15, -0.1) is 5.10 Å². The Labute approximate surface area is 116 Å². The lowest BCUT2D eigenvalue weighted by Crippen LogP contribution is -2.33. The number of nitrogens with zero attached hydrogens (tertiary/aromatic N) is 3. The Hall–Kier alpha value is -0.940. The smallest absolute Gasteiger partial charge is 0.0757 e. The number of hydrogen-bond acceptors (Lipinski definition) is 4. The number of ether oxygens (including phenoxy) is 1. The highest BCUT2D eigenvalue weighted by Crippen LogP contribution is 2.25. The summed E-state index contributed by atoms with van der Waals surface area (Å²) in [5.74, 6) is 0. The summed E-state index contributed by atoms with van der Waals surface area (Å²) in [7, 11) is 1.76. The van der Waals surface area contributed by atoms with E-state index in [1.807, 2.05) is 10.9 Å². The first kappa shape index (κ1) is 16.1. The highest BCUT2D eigenvalue weighted by molar-refractivity contribution is 5.04. The number of hydrogen-bond donors (Lipinski definition) is 1. The van der Waals surface area contributed by atoms with Crippen molar-refractivity contribution in [1.82, 2.24) is 20.3 Å². The summed E-state index contributed by atoms with van der Waals surface area (Å²) in [5, 5.41) is 11.8. The Bertz CT molecular complexity index is 362. The molecule has 5 heteroatoms. The fourth-order valence-corrected chi connectivity index (χ4v) is 2.10. The molecule has 0 amide bonds. The fraction of sp³-hybridized carbons (Fsp3) is 0.857. The third-order valence-corrected chi connectivity index (χ3v) is 3.33. The second-order valence-corrected chi connectivity index (χ2v) is 5.56. The van der Waals surface area contributed by atoms with Crippen molar-refractivity contribution in [3.05, 3.63) is 11.9 Å². The summed E-state index contributed by atoms with van der Waals surface area (Å²) in [5.41, 5.74) is 0.993. The summed E-state index contributed by atoms with van der Waals surface area (Å²) in [6.45, 7) is 10.4. The molecule has 1 aromatic rings. The van der Waals surface area contributed by atoms with Crippen LogP contribution >= 0.6 is 0 Å². The summed E-state index contributed by atoms with van der Waals surface area (Å²) in [6.07, 6.45) is 4.94. The van der Waals surface area contributed by atoms with Gasteiger partial charge in [0.25, 0.3) is 0 Å². The molecule has 19 heavy (non-hydrogen) atoms. The van der Waals surface area contributed by atoms with E-state index in [2.05, 4.69) is 43.3 Å². The van der Waals surface area contributed by atoms with Gasteiger partial charge in [-0.05, 0) is 39.7 Å². The zero-order valence-electron chi connectivity index (χ0n) is 12.9. The molecule has 0 spiro atoms. The number of methoxy groups -OCH3 is 1. The van der Waals surface area contributed by atoms with Gasteiger partial charge in [0, 0.05) is 13.7 Å². The quantitative estimate of drug-likeness (QED) is 0.748. The van der Waals surface area contributed by atoms with Gasteiger partial charge in [0.15, 0.2) is 0 Å². The van der Waals surface area contributed by atoms with Crippen LogP contribution in [0.4, 0.5) is 0 Å². The van der Waals surface area contributed by atoms with Crippen LogP contribution in [0.3, 0.4) is 0 Å². The molecule has 0 saturated carbocycles. The van der Waals surface area contributed by atoms with E-state index in [4.69, 9.17) is 4.74 Å². The third kappa shape index (κ3) is 4.91. The molecule has 0 aromatic carbocycles. The summed E-state index contributed by atoms with van der Waals surface area (Å²) < 4.78 is 7.56. The minimum atomic E-state index is -0.160. The normalized spacial score (nSPS) is 13.7. The van der Waals surface area contributed by atoms with Gasteiger partial charge < -0.3 is 10.1 Å². The Morgan fingerprint density at radius 3 is 2.68 bits per heavy atom. The SMILES string of the molecule is CCCNC(CC(C)(C)OC)c1cnnn1CCC. The van der Waals surface area contributed by atoms with Crippen LogP contribution in [0.5, 0.6) is 0 Å². The number of nitrogens with one attached hydrogen (secondary N) is 1. The zero-order valence-corrected chi connectivity index (χ0v) is 12.9. The average Bonchev–Trinajstić information content (AvgIpc) is 2.83. The molecule has 0 aliphatic carbocycles. The highest BCUT2D eigenvalue weighted by Gasteiger charge is 2.26. The summed E-state index contributed by atoms with van der Waals surface area (Å²) in [4.78, 5) is 0. The van der Waals surface area contributed by atoms with Gasteiger partial charge >= 0.3 is 0 Å². The molecule has 0 bridgehead atoms. The van der Waals surface area contributed by atoms with Crippen LogP contribution < -0.4 is 5.32 Å². The number of aromatic nitrogens is 3. The van der Waals surface area contributed by atoms with Crippen LogP contribution in [0.25, 0.3) is 0 Å². The first-order chi connectivity index (χ1) is 9.04. The molecule has 0 aliphatic heterocycles. The molecular formula is C14H28N4O. The van der Waals surface area contributed by atoms with Crippen molar-refractivity contribution in [1.29, 1.82) is 0 Å². The molecule has 1 N–H and O–H groups in total. The molecule has 0 fully saturated rings. The van der Waals surface area contributed by atoms with Crippen molar-refractivity contribution in [2.75, 3.05) is 13.7 Å². The number of aryl methyl sites for hydroxylation is 1. The monoisotopic (exact) mass is 268 g/mol. The van der Waals surface area contributed by atoms with Crippen molar-refractivity contribution in [3.8, 4) is 0 Å². The van der Waals surface area contributed by atoms with Crippen molar-refractivity contribution in [2.45, 2.75) is 65.1 Å². The minimum absolute atomic E-state index is 0.160. The lowest BCUT2D eigenvalue weighted by atomic mass is 9.96. The van der Waals surface area contributed by atoms with Crippen LogP contribution in [0.15, 0.2) is 6.20 Å². The van der Waals surface area contributed by atoms with Gasteiger partial charge in [0.05, 0.1) is 23.5 Å². The van der Waals surface area contributed by atoms with Crippen molar-refractivity contribution >= 4 is 0 Å². The van der Waals surface area contributed by atoms with Gasteiger partial charge in [0.1, 0.15) is 0 Å². The second-order valence-electron chi connectivity index (χ2n) is 5.56. The molecule has 0 saturated heterocycles. The third-order valence-electron chi connectivity index (χ3n) is 3.33. The zero-order chi connectivity index (χ0) is 14.3. The van der Waals surface area contributed by atoms with E-state index in [1.54, 1.807) is 7.11 Å².